The van der Waals surface area contributed by atoms with E-state index in [1.54, 1.807) is 24.3 Å². The minimum atomic E-state index is -4.60. The Morgan fingerprint density at radius 3 is 2.53 bits per heavy atom. The number of nitrogens with zero attached hydrogens (tertiary/aromatic N) is 2. The lowest BCUT2D eigenvalue weighted by Gasteiger charge is -2.33. The molecular formula is C22H19Cl2F3N4O3. The normalized spacial score (nSPS) is 17.5. The van der Waals surface area contributed by atoms with Gasteiger partial charge in [0.2, 0.25) is 0 Å². The van der Waals surface area contributed by atoms with Crippen molar-refractivity contribution in [2.24, 2.45) is 0 Å². The minimum Gasteiger partial charge on any atom is -0.493 e. The number of methoxy groups -OCH3 is 2. The summed E-state index contributed by atoms with van der Waals surface area (Å²) in [6.45, 7) is 0. The number of halogens is 5. The Morgan fingerprint density at radius 1 is 1.12 bits per heavy atom. The van der Waals surface area contributed by atoms with Gasteiger partial charge < -0.3 is 20.1 Å². The van der Waals surface area contributed by atoms with Gasteiger partial charge in [0.15, 0.2) is 23.2 Å². The Morgan fingerprint density at radius 2 is 1.85 bits per heavy atom. The van der Waals surface area contributed by atoms with E-state index in [2.05, 4.69) is 15.7 Å². The molecule has 0 saturated carbocycles. The highest BCUT2D eigenvalue weighted by Gasteiger charge is 2.47. The Hall–Kier alpha value is -3.11. The first-order valence-corrected chi connectivity index (χ1v) is 10.8. The third-order valence-corrected chi connectivity index (χ3v) is 5.97. The number of fused-ring (bicyclic) bond motifs is 1. The van der Waals surface area contributed by atoms with Crippen molar-refractivity contribution in [3.05, 3.63) is 63.8 Å². The molecule has 0 fully saturated rings. The van der Waals surface area contributed by atoms with Crippen LogP contribution in [-0.2, 0) is 0 Å². The van der Waals surface area contributed by atoms with Crippen molar-refractivity contribution in [1.29, 1.82) is 0 Å². The first-order valence-electron chi connectivity index (χ1n) is 10.0. The van der Waals surface area contributed by atoms with Crippen molar-refractivity contribution in [3.8, 4) is 11.5 Å². The Balaban J connectivity index is 1.66. The highest BCUT2D eigenvalue weighted by Crippen LogP contribution is 2.44. The monoisotopic (exact) mass is 514 g/mol. The first kappa shape index (κ1) is 24.0. The van der Waals surface area contributed by atoms with E-state index in [1.807, 2.05) is 0 Å². The van der Waals surface area contributed by atoms with Crippen LogP contribution in [0.1, 0.15) is 34.6 Å². The van der Waals surface area contributed by atoms with Crippen LogP contribution in [0.2, 0.25) is 10.0 Å². The predicted molar refractivity (Wildman–Crippen MR) is 122 cm³/mol. The molecule has 7 nitrogen and oxygen atoms in total. The van der Waals surface area contributed by atoms with Gasteiger partial charge in [0.05, 0.1) is 31.0 Å². The zero-order valence-electron chi connectivity index (χ0n) is 17.9. The quantitative estimate of drug-likeness (QED) is 0.428. The molecule has 1 aromatic heterocycles. The molecule has 1 aliphatic rings. The zero-order valence-corrected chi connectivity index (χ0v) is 19.4. The second-order valence-corrected chi connectivity index (χ2v) is 8.39. The fraction of sp³-hybridized carbons (Fsp3) is 0.273. The van der Waals surface area contributed by atoms with Crippen LogP contribution in [0.3, 0.4) is 0 Å². The molecule has 1 amide bonds. The van der Waals surface area contributed by atoms with Crippen LogP contribution in [0, 0.1) is 0 Å². The van der Waals surface area contributed by atoms with Crippen molar-refractivity contribution in [3.63, 3.8) is 0 Å². The van der Waals surface area contributed by atoms with E-state index in [1.165, 1.54) is 32.4 Å². The summed E-state index contributed by atoms with van der Waals surface area (Å²) in [5, 5.41) is 10.1. The van der Waals surface area contributed by atoms with Gasteiger partial charge in [0, 0.05) is 17.5 Å². The van der Waals surface area contributed by atoms with Crippen molar-refractivity contribution in [1.82, 2.24) is 9.78 Å². The third kappa shape index (κ3) is 4.74. The molecule has 34 heavy (non-hydrogen) atoms. The van der Waals surface area contributed by atoms with Gasteiger partial charge in [0.25, 0.3) is 5.91 Å². The van der Waals surface area contributed by atoms with E-state index in [-0.39, 0.29) is 28.6 Å². The largest absolute Gasteiger partial charge is 0.493 e. The fourth-order valence-corrected chi connectivity index (χ4v) is 4.09. The molecule has 0 spiro atoms. The number of aromatic nitrogens is 2. The standard InChI is InChI=1S/C22H19Cl2F3N4O3/c1-33-17-6-3-11(7-18(17)34-2)14-9-19(22(25,26)27)31-20(28-14)10-16(30-31)21(32)29-15-8-12(23)4-5-13(15)24/h3-8,10,14,19,28H,9H2,1-2H3,(H,29,32)/t14-,19-/m1/s1. The summed E-state index contributed by atoms with van der Waals surface area (Å²) >= 11 is 12.0. The number of carbonyl (C=O) groups excluding carboxylic acids is 1. The van der Waals surface area contributed by atoms with Crippen molar-refractivity contribution < 1.29 is 27.4 Å². The van der Waals surface area contributed by atoms with Crippen LogP contribution >= 0.6 is 23.2 Å². The van der Waals surface area contributed by atoms with E-state index in [0.717, 1.165) is 4.68 Å². The number of anilines is 2. The molecule has 0 unspecified atom stereocenters. The zero-order chi connectivity index (χ0) is 24.6. The summed E-state index contributed by atoms with van der Waals surface area (Å²) < 4.78 is 53.1. The summed E-state index contributed by atoms with van der Waals surface area (Å²) in [6.07, 6.45) is -4.93. The van der Waals surface area contributed by atoms with Crippen LogP contribution in [0.25, 0.3) is 0 Å². The number of nitrogens with one attached hydrogen (secondary N) is 2. The van der Waals surface area contributed by atoms with E-state index < -0.39 is 24.2 Å². The van der Waals surface area contributed by atoms with Gasteiger partial charge in [-0.3, -0.25) is 4.79 Å². The maximum absolute atomic E-state index is 14.0. The summed E-state index contributed by atoms with van der Waals surface area (Å²) in [5.74, 6) is 0.174. The molecule has 180 valence electrons. The molecule has 4 rings (SSSR count). The fourth-order valence-electron chi connectivity index (χ4n) is 3.75. The average molecular weight is 515 g/mol. The first-order chi connectivity index (χ1) is 16.1. The molecule has 2 heterocycles. The van der Waals surface area contributed by atoms with Crippen molar-refractivity contribution >= 4 is 40.6 Å². The Kier molecular flexibility index (Phi) is 6.55. The van der Waals surface area contributed by atoms with Crippen molar-refractivity contribution in [2.45, 2.75) is 24.7 Å². The SMILES string of the molecule is COc1ccc([C@H]2C[C@H](C(F)(F)F)n3nc(C(=O)Nc4cc(Cl)ccc4Cl)cc3N2)cc1OC. The molecule has 0 saturated heterocycles. The van der Waals surface area contributed by atoms with E-state index in [9.17, 15) is 18.0 Å². The molecule has 1 aliphatic heterocycles. The number of carbonyl (C=O) groups is 1. The molecule has 0 radical (unpaired) electrons. The Labute approximate surface area is 202 Å². The maximum atomic E-state index is 14.0. The molecule has 0 aliphatic carbocycles. The second kappa shape index (κ2) is 9.27. The molecule has 2 aromatic carbocycles. The number of alkyl halides is 3. The summed E-state index contributed by atoms with van der Waals surface area (Å²) in [4.78, 5) is 12.7. The number of amides is 1. The second-order valence-electron chi connectivity index (χ2n) is 7.54. The van der Waals surface area contributed by atoms with Gasteiger partial charge in [-0.15, -0.1) is 0 Å². The molecular weight excluding hydrogens is 496 g/mol. The van der Waals surface area contributed by atoms with Crippen LogP contribution in [0.15, 0.2) is 42.5 Å². The van der Waals surface area contributed by atoms with Gasteiger partial charge in [-0.05, 0) is 35.9 Å². The number of benzene rings is 2. The lowest BCUT2D eigenvalue weighted by atomic mass is 9.96. The molecule has 0 bridgehead atoms. The van der Waals surface area contributed by atoms with Crippen LogP contribution in [0.4, 0.5) is 24.7 Å². The minimum absolute atomic E-state index is 0.0516. The van der Waals surface area contributed by atoms with Gasteiger partial charge in [-0.2, -0.15) is 18.3 Å². The lowest BCUT2D eigenvalue weighted by Crippen LogP contribution is -2.35. The van der Waals surface area contributed by atoms with Crippen LogP contribution in [0.5, 0.6) is 11.5 Å². The smallest absolute Gasteiger partial charge is 0.410 e. The highest BCUT2D eigenvalue weighted by molar-refractivity contribution is 6.35. The summed E-state index contributed by atoms with van der Waals surface area (Å²) in [7, 11) is 2.92. The number of hydrogen-bond acceptors (Lipinski definition) is 5. The van der Waals surface area contributed by atoms with Crippen molar-refractivity contribution in [2.75, 3.05) is 24.9 Å². The molecule has 2 atom stereocenters. The van der Waals surface area contributed by atoms with E-state index >= 15 is 0 Å². The molecule has 2 N–H and O–H groups in total. The van der Waals surface area contributed by atoms with Crippen LogP contribution in [-0.4, -0.2) is 36.1 Å². The summed E-state index contributed by atoms with van der Waals surface area (Å²) in [5.41, 5.74) is 0.575. The van der Waals surface area contributed by atoms with Gasteiger partial charge >= 0.3 is 6.18 Å². The average Bonchev–Trinajstić information content (AvgIpc) is 3.24. The van der Waals surface area contributed by atoms with E-state index in [4.69, 9.17) is 32.7 Å². The predicted octanol–water partition coefficient (Wildman–Crippen LogP) is 6.12. The van der Waals surface area contributed by atoms with E-state index in [0.29, 0.717) is 22.1 Å². The number of ether oxygens (including phenoxy) is 2. The summed E-state index contributed by atoms with van der Waals surface area (Å²) in [6, 6.07) is 7.97. The number of hydrogen-bond donors (Lipinski definition) is 2. The van der Waals surface area contributed by atoms with Gasteiger partial charge in [0.1, 0.15) is 5.82 Å². The topological polar surface area (TPSA) is 77.4 Å². The highest BCUT2D eigenvalue weighted by atomic mass is 35.5. The van der Waals surface area contributed by atoms with Crippen LogP contribution < -0.4 is 20.1 Å². The molecule has 12 heteroatoms. The maximum Gasteiger partial charge on any atom is 0.410 e. The van der Waals surface area contributed by atoms with Gasteiger partial charge in [-0.1, -0.05) is 29.3 Å². The third-order valence-electron chi connectivity index (χ3n) is 5.41. The Bertz CT molecular complexity index is 1230. The number of rotatable bonds is 5. The molecule has 3 aromatic rings. The van der Waals surface area contributed by atoms with Gasteiger partial charge in [-0.25, -0.2) is 4.68 Å². The lowest BCUT2D eigenvalue weighted by molar-refractivity contribution is -0.173.